The maximum absolute atomic E-state index is 4.35. The minimum absolute atomic E-state index is 0.919. The van der Waals surface area contributed by atoms with Gasteiger partial charge in [-0.2, -0.15) is 0 Å². The molecule has 0 bridgehead atoms. The molecular formula is C12H4I5N3. The van der Waals surface area contributed by atoms with Crippen molar-refractivity contribution < 1.29 is 0 Å². The first-order valence-electron chi connectivity index (χ1n) is 5.34. The highest BCUT2D eigenvalue weighted by Gasteiger charge is 2.20. The number of fused-ring (bicyclic) bond motifs is 1. The number of aromatic nitrogens is 3. The summed E-state index contributed by atoms with van der Waals surface area (Å²) in [6.45, 7) is 0. The van der Waals surface area contributed by atoms with Crippen LogP contribution in [-0.2, 0) is 0 Å². The van der Waals surface area contributed by atoms with Crippen molar-refractivity contribution in [1.82, 2.24) is 15.0 Å². The van der Waals surface area contributed by atoms with E-state index in [1.54, 1.807) is 0 Å². The third kappa shape index (κ3) is 2.72. The molecule has 0 atom stereocenters. The van der Waals surface area contributed by atoms with Gasteiger partial charge in [0.25, 0.3) is 0 Å². The molecule has 0 unspecified atom stereocenters. The fourth-order valence-electron chi connectivity index (χ4n) is 1.81. The van der Waals surface area contributed by atoms with Crippen LogP contribution >= 0.6 is 113 Å². The number of nitrogens with zero attached hydrogens (tertiary/aromatic N) is 3. The Labute approximate surface area is 183 Å². The van der Waals surface area contributed by atoms with E-state index in [1.807, 2.05) is 22.9 Å². The van der Waals surface area contributed by atoms with Crippen molar-refractivity contribution in [3.8, 4) is 5.69 Å². The molecule has 1 aromatic heterocycles. The van der Waals surface area contributed by atoms with E-state index in [-0.39, 0.29) is 0 Å². The van der Waals surface area contributed by atoms with Gasteiger partial charge < -0.3 is 0 Å². The highest BCUT2D eigenvalue weighted by molar-refractivity contribution is 14.1. The van der Waals surface area contributed by atoms with Crippen LogP contribution in [0.5, 0.6) is 0 Å². The predicted octanol–water partition coefficient (Wildman–Crippen LogP) is 5.44. The maximum atomic E-state index is 4.35. The molecule has 0 amide bonds. The highest BCUT2D eigenvalue weighted by Crippen LogP contribution is 2.36. The summed E-state index contributed by atoms with van der Waals surface area (Å²) < 4.78 is 8.21. The largest absolute Gasteiger partial charge is 0.211 e. The summed E-state index contributed by atoms with van der Waals surface area (Å²) in [6, 6.07) is 8.05. The molecule has 0 spiro atoms. The van der Waals surface area contributed by atoms with Crippen LogP contribution < -0.4 is 0 Å². The Morgan fingerprint density at radius 3 is 1.95 bits per heavy atom. The second-order valence-corrected chi connectivity index (χ2v) is 9.30. The van der Waals surface area contributed by atoms with Gasteiger partial charge in [-0.25, -0.2) is 4.68 Å². The lowest BCUT2D eigenvalue weighted by atomic mass is 10.3. The van der Waals surface area contributed by atoms with Gasteiger partial charge in [0.15, 0.2) is 0 Å². The standard InChI is InChI=1S/C12H4I5N3/c13-7-8(14)10(16)12(11(17)9(7)15)20-6-4-2-1-3-5(6)18-19-20/h1-4H. The normalized spacial score (nSPS) is 11.2. The zero-order valence-electron chi connectivity index (χ0n) is 9.54. The number of benzene rings is 2. The first-order valence-corrected chi connectivity index (χ1v) is 10.7. The molecule has 0 N–H and O–H groups in total. The van der Waals surface area contributed by atoms with Gasteiger partial charge in [0, 0.05) is 10.7 Å². The molecule has 20 heavy (non-hydrogen) atoms. The Hall–Kier alpha value is 1.49. The smallest absolute Gasteiger partial charge is 0.113 e. The van der Waals surface area contributed by atoms with Crippen LogP contribution in [0.1, 0.15) is 0 Å². The van der Waals surface area contributed by atoms with Gasteiger partial charge in [-0.05, 0) is 125 Å². The van der Waals surface area contributed by atoms with Crippen molar-refractivity contribution in [2.24, 2.45) is 0 Å². The lowest BCUT2D eigenvalue weighted by Crippen LogP contribution is -2.07. The number of hydrogen-bond acceptors (Lipinski definition) is 2. The van der Waals surface area contributed by atoms with E-state index in [2.05, 4.69) is 129 Å². The minimum Gasteiger partial charge on any atom is -0.211 e. The second kappa shape index (κ2) is 6.54. The van der Waals surface area contributed by atoms with Crippen molar-refractivity contribution in [2.45, 2.75) is 0 Å². The fourth-order valence-corrected chi connectivity index (χ4v) is 7.00. The van der Waals surface area contributed by atoms with E-state index in [0.717, 1.165) is 16.7 Å². The average molecular weight is 825 g/mol. The summed E-state index contributed by atoms with van der Waals surface area (Å²) in [5, 5.41) is 8.61. The van der Waals surface area contributed by atoms with E-state index >= 15 is 0 Å². The van der Waals surface area contributed by atoms with E-state index in [1.165, 1.54) is 17.9 Å². The van der Waals surface area contributed by atoms with Crippen molar-refractivity contribution >= 4 is 124 Å². The monoisotopic (exact) mass is 825 g/mol. The molecule has 1 heterocycles. The highest BCUT2D eigenvalue weighted by atomic mass is 127. The van der Waals surface area contributed by atoms with Crippen LogP contribution in [0.25, 0.3) is 16.7 Å². The van der Waals surface area contributed by atoms with E-state index in [0.29, 0.717) is 0 Å². The summed E-state index contributed by atoms with van der Waals surface area (Å²) in [4.78, 5) is 0. The lowest BCUT2D eigenvalue weighted by molar-refractivity contribution is 0.815. The van der Waals surface area contributed by atoms with Crippen molar-refractivity contribution in [1.29, 1.82) is 0 Å². The van der Waals surface area contributed by atoms with Crippen LogP contribution in [0.4, 0.5) is 0 Å². The quantitative estimate of drug-likeness (QED) is 0.186. The molecule has 0 fully saturated rings. The first-order chi connectivity index (χ1) is 9.52. The second-order valence-electron chi connectivity index (χ2n) is 3.91. The topological polar surface area (TPSA) is 30.7 Å². The first kappa shape index (κ1) is 16.4. The number of rotatable bonds is 1. The molecular weight excluding hydrogens is 821 g/mol. The van der Waals surface area contributed by atoms with Gasteiger partial charge in [0.1, 0.15) is 5.52 Å². The molecule has 0 aliphatic heterocycles. The van der Waals surface area contributed by atoms with Crippen LogP contribution in [0.2, 0.25) is 0 Å². The summed E-state index contributed by atoms with van der Waals surface area (Å²) in [5.41, 5.74) is 3.08. The summed E-state index contributed by atoms with van der Waals surface area (Å²) in [6.07, 6.45) is 0. The molecule has 0 aliphatic carbocycles. The predicted molar refractivity (Wildman–Crippen MR) is 122 cm³/mol. The van der Waals surface area contributed by atoms with Gasteiger partial charge >= 0.3 is 0 Å². The molecule has 3 aromatic rings. The van der Waals surface area contributed by atoms with E-state index in [9.17, 15) is 0 Å². The third-order valence-corrected chi connectivity index (χ3v) is 12.2. The Morgan fingerprint density at radius 2 is 1.30 bits per heavy atom. The molecule has 0 aliphatic rings. The zero-order valence-corrected chi connectivity index (χ0v) is 20.3. The van der Waals surface area contributed by atoms with Crippen molar-refractivity contribution in [2.75, 3.05) is 0 Å². The Balaban J connectivity index is 2.41. The Bertz CT molecular complexity index is 798. The van der Waals surface area contributed by atoms with E-state index < -0.39 is 0 Å². The van der Waals surface area contributed by atoms with Gasteiger partial charge in [-0.15, -0.1) is 5.10 Å². The zero-order chi connectivity index (χ0) is 14.4. The molecule has 102 valence electrons. The van der Waals surface area contributed by atoms with Gasteiger partial charge in [0.2, 0.25) is 0 Å². The number of para-hydroxylation sites is 1. The van der Waals surface area contributed by atoms with Crippen molar-refractivity contribution in [3.63, 3.8) is 0 Å². The van der Waals surface area contributed by atoms with Gasteiger partial charge in [0.05, 0.1) is 18.3 Å². The molecule has 0 saturated carbocycles. The average Bonchev–Trinajstić information content (AvgIpc) is 2.87. The molecule has 8 heteroatoms. The van der Waals surface area contributed by atoms with Crippen LogP contribution in [0, 0.1) is 17.9 Å². The van der Waals surface area contributed by atoms with E-state index in [4.69, 9.17) is 0 Å². The lowest BCUT2D eigenvalue weighted by Gasteiger charge is -2.13. The minimum atomic E-state index is 0.919. The third-order valence-electron chi connectivity index (χ3n) is 2.75. The summed E-state index contributed by atoms with van der Waals surface area (Å²) in [7, 11) is 0. The molecule has 0 radical (unpaired) electrons. The summed E-state index contributed by atoms with van der Waals surface area (Å²) in [5.74, 6) is 0. The number of halogens is 5. The van der Waals surface area contributed by atoms with Crippen LogP contribution in [-0.4, -0.2) is 15.0 Å². The molecule has 3 rings (SSSR count). The maximum Gasteiger partial charge on any atom is 0.113 e. The number of hydrogen-bond donors (Lipinski definition) is 0. The Kier molecular flexibility index (Phi) is 5.35. The fraction of sp³-hybridized carbons (Fsp3) is 0. The van der Waals surface area contributed by atoms with Gasteiger partial charge in [-0.3, -0.25) is 0 Å². The Morgan fingerprint density at radius 1 is 0.750 bits per heavy atom. The molecule has 2 aromatic carbocycles. The van der Waals surface area contributed by atoms with Crippen LogP contribution in [0.3, 0.4) is 0 Å². The van der Waals surface area contributed by atoms with Crippen LogP contribution in [0.15, 0.2) is 24.3 Å². The van der Waals surface area contributed by atoms with Gasteiger partial charge in [-0.1, -0.05) is 17.3 Å². The molecule has 0 saturated heterocycles. The summed E-state index contributed by atoms with van der Waals surface area (Å²) >= 11 is 12.0. The van der Waals surface area contributed by atoms with Crippen molar-refractivity contribution in [3.05, 3.63) is 42.1 Å². The molecule has 3 nitrogen and oxygen atoms in total. The SMILES string of the molecule is Ic1c(I)c(I)c(-n2nnc3ccccc32)c(I)c1I.